The molecule has 0 amide bonds. The van der Waals surface area contributed by atoms with Crippen molar-refractivity contribution >= 4 is 17.7 Å². The fourth-order valence-corrected chi connectivity index (χ4v) is 5.06. The molecule has 4 fully saturated rings. The SMILES string of the molecule is C[C@H]1CN(c2cc(-c3cnc(N)nc3)nc(N3CC4CC3C4)n2)[C@@H](C)CN1CC(F)(F)F. The summed E-state index contributed by atoms with van der Waals surface area (Å²) in [5.74, 6) is 2.26. The molecule has 1 aliphatic carbocycles. The highest BCUT2D eigenvalue weighted by Gasteiger charge is 2.44. The first-order chi connectivity index (χ1) is 15.2. The minimum Gasteiger partial charge on any atom is -0.368 e. The van der Waals surface area contributed by atoms with E-state index in [2.05, 4.69) is 19.8 Å². The van der Waals surface area contributed by atoms with Gasteiger partial charge in [0.05, 0.1) is 12.2 Å². The van der Waals surface area contributed by atoms with Crippen molar-refractivity contribution in [3.05, 3.63) is 18.5 Å². The van der Waals surface area contributed by atoms with Crippen LogP contribution in [0.25, 0.3) is 11.3 Å². The van der Waals surface area contributed by atoms with Crippen LogP contribution in [0.15, 0.2) is 18.5 Å². The number of halogens is 3. The maximum atomic E-state index is 13.0. The van der Waals surface area contributed by atoms with Crippen molar-refractivity contribution in [3.63, 3.8) is 0 Å². The van der Waals surface area contributed by atoms with E-state index in [9.17, 15) is 13.2 Å². The van der Waals surface area contributed by atoms with Gasteiger partial charge in [0.2, 0.25) is 11.9 Å². The van der Waals surface area contributed by atoms with Gasteiger partial charge in [0, 0.05) is 61.8 Å². The topological polar surface area (TPSA) is 87.3 Å². The summed E-state index contributed by atoms with van der Waals surface area (Å²) in [5.41, 5.74) is 7.05. The standard InChI is InChI=1S/C21H27F3N8/c1-12-9-31(13(2)8-30(12)11-21(22,23)24)18-5-17(15-6-26-19(25)27-7-15)28-20(29-18)32-10-14-3-16(32)4-14/h5-7,12-14,16H,3-4,8-11H2,1-2H3,(H2,25,26,27)/t12-,13-,14?,16?/m0/s1. The number of anilines is 3. The van der Waals surface area contributed by atoms with Crippen LogP contribution in [-0.2, 0) is 0 Å². The predicted octanol–water partition coefficient (Wildman–Crippen LogP) is 2.58. The van der Waals surface area contributed by atoms with E-state index in [1.807, 2.05) is 19.9 Å². The number of alkyl halides is 3. The summed E-state index contributed by atoms with van der Waals surface area (Å²) in [4.78, 5) is 23.7. The lowest BCUT2D eigenvalue weighted by Gasteiger charge is -2.45. The summed E-state index contributed by atoms with van der Waals surface area (Å²) in [6.07, 6.45) is 1.39. The second-order valence-corrected chi connectivity index (χ2v) is 9.28. The summed E-state index contributed by atoms with van der Waals surface area (Å²) in [7, 11) is 0. The molecule has 1 saturated carbocycles. The van der Waals surface area contributed by atoms with E-state index in [0.29, 0.717) is 36.7 Å². The van der Waals surface area contributed by atoms with Crippen molar-refractivity contribution < 1.29 is 13.2 Å². The predicted molar refractivity (Wildman–Crippen MR) is 115 cm³/mol. The van der Waals surface area contributed by atoms with Crippen LogP contribution in [0.2, 0.25) is 0 Å². The minimum atomic E-state index is -4.21. The number of rotatable bonds is 4. The van der Waals surface area contributed by atoms with E-state index in [1.54, 1.807) is 12.4 Å². The number of nitrogen functional groups attached to an aromatic ring is 1. The number of aromatic nitrogens is 4. The molecule has 5 heterocycles. The molecule has 0 aromatic carbocycles. The lowest BCUT2D eigenvalue weighted by Crippen LogP contribution is -2.58. The summed E-state index contributed by atoms with van der Waals surface area (Å²) >= 11 is 0. The highest BCUT2D eigenvalue weighted by Crippen LogP contribution is 2.43. The Hall–Kier alpha value is -2.69. The Morgan fingerprint density at radius 1 is 1.00 bits per heavy atom. The maximum Gasteiger partial charge on any atom is 0.401 e. The van der Waals surface area contributed by atoms with Crippen LogP contribution in [-0.4, -0.2) is 75.3 Å². The molecule has 2 aromatic rings. The van der Waals surface area contributed by atoms with Gasteiger partial charge in [0.25, 0.3) is 0 Å². The molecular formula is C21H27F3N8. The Labute approximate surface area is 184 Å². The number of nitrogens with zero attached hydrogens (tertiary/aromatic N) is 7. The van der Waals surface area contributed by atoms with Gasteiger partial charge in [-0.25, -0.2) is 15.0 Å². The summed E-state index contributed by atoms with van der Waals surface area (Å²) in [6, 6.07) is 1.96. The molecule has 3 saturated heterocycles. The van der Waals surface area contributed by atoms with Crippen LogP contribution >= 0.6 is 0 Å². The van der Waals surface area contributed by atoms with Crippen molar-refractivity contribution in [2.75, 3.05) is 41.7 Å². The number of hydrogen-bond acceptors (Lipinski definition) is 8. The molecule has 2 atom stereocenters. The van der Waals surface area contributed by atoms with Crippen LogP contribution < -0.4 is 15.5 Å². The second kappa shape index (κ2) is 7.72. The van der Waals surface area contributed by atoms with Crippen LogP contribution in [0.5, 0.6) is 0 Å². The Bertz CT molecular complexity index is 976. The Morgan fingerprint density at radius 3 is 2.34 bits per heavy atom. The number of nitrogens with two attached hydrogens (primary N) is 1. The first kappa shape index (κ1) is 21.2. The molecular weight excluding hydrogens is 421 g/mol. The summed E-state index contributed by atoms with van der Waals surface area (Å²) in [5, 5.41) is 0. The van der Waals surface area contributed by atoms with Crippen LogP contribution in [0.1, 0.15) is 26.7 Å². The molecule has 0 radical (unpaired) electrons. The first-order valence-electron chi connectivity index (χ1n) is 11.0. The molecule has 2 N–H and O–H groups in total. The van der Waals surface area contributed by atoms with Crippen molar-refractivity contribution in [1.29, 1.82) is 0 Å². The van der Waals surface area contributed by atoms with E-state index in [4.69, 9.17) is 15.7 Å². The lowest BCUT2D eigenvalue weighted by atomic mass is 9.86. The van der Waals surface area contributed by atoms with Gasteiger partial charge in [0.1, 0.15) is 5.82 Å². The number of hydrogen-bond donors (Lipinski definition) is 1. The van der Waals surface area contributed by atoms with Crippen LogP contribution in [0.4, 0.5) is 30.9 Å². The Balaban J connectivity index is 1.47. The van der Waals surface area contributed by atoms with Crippen molar-refractivity contribution in [2.24, 2.45) is 5.92 Å². The minimum absolute atomic E-state index is 0.126. The number of fused-ring (bicyclic) bond motifs is 1. The highest BCUT2D eigenvalue weighted by atomic mass is 19.4. The third-order valence-corrected chi connectivity index (χ3v) is 6.82. The molecule has 2 bridgehead atoms. The molecule has 2 aromatic heterocycles. The summed E-state index contributed by atoms with van der Waals surface area (Å²) in [6.45, 7) is 4.59. The second-order valence-electron chi connectivity index (χ2n) is 9.28. The summed E-state index contributed by atoms with van der Waals surface area (Å²) < 4.78 is 39.0. The fraction of sp³-hybridized carbons (Fsp3) is 0.619. The van der Waals surface area contributed by atoms with Gasteiger partial charge in [-0.3, -0.25) is 4.90 Å². The molecule has 32 heavy (non-hydrogen) atoms. The van der Waals surface area contributed by atoms with Gasteiger partial charge in [-0.05, 0) is 32.6 Å². The molecule has 4 aliphatic rings. The normalized spacial score (nSPS) is 28.2. The zero-order chi connectivity index (χ0) is 22.6. The highest BCUT2D eigenvalue weighted by molar-refractivity contribution is 5.65. The van der Waals surface area contributed by atoms with Gasteiger partial charge in [-0.1, -0.05) is 0 Å². The van der Waals surface area contributed by atoms with Crippen LogP contribution in [0, 0.1) is 5.92 Å². The van der Waals surface area contributed by atoms with Gasteiger partial charge >= 0.3 is 6.18 Å². The smallest absolute Gasteiger partial charge is 0.368 e. The quantitative estimate of drug-likeness (QED) is 0.764. The number of piperazine rings is 1. The Kier molecular flexibility index (Phi) is 5.11. The fourth-order valence-electron chi connectivity index (χ4n) is 5.06. The average molecular weight is 448 g/mol. The third kappa shape index (κ3) is 4.05. The molecule has 8 nitrogen and oxygen atoms in total. The monoisotopic (exact) mass is 448 g/mol. The van der Waals surface area contributed by atoms with E-state index >= 15 is 0 Å². The molecule has 172 valence electrons. The van der Waals surface area contributed by atoms with E-state index in [-0.39, 0.29) is 18.0 Å². The van der Waals surface area contributed by atoms with E-state index in [0.717, 1.165) is 30.8 Å². The molecule has 0 spiro atoms. The van der Waals surface area contributed by atoms with Crippen molar-refractivity contribution in [3.8, 4) is 11.3 Å². The molecule has 6 rings (SSSR count). The first-order valence-corrected chi connectivity index (χ1v) is 11.0. The van der Waals surface area contributed by atoms with Crippen molar-refractivity contribution in [2.45, 2.75) is 51.0 Å². The third-order valence-electron chi connectivity index (χ3n) is 6.82. The molecule has 0 unspecified atom stereocenters. The lowest BCUT2D eigenvalue weighted by molar-refractivity contribution is -0.152. The average Bonchev–Trinajstić information content (AvgIpc) is 3.31. The maximum absolute atomic E-state index is 13.0. The molecule has 3 aliphatic heterocycles. The Morgan fingerprint density at radius 2 is 1.72 bits per heavy atom. The van der Waals surface area contributed by atoms with Gasteiger partial charge < -0.3 is 15.5 Å². The van der Waals surface area contributed by atoms with E-state index < -0.39 is 12.7 Å². The molecule has 11 heteroatoms. The van der Waals surface area contributed by atoms with Gasteiger partial charge in [-0.15, -0.1) is 0 Å². The van der Waals surface area contributed by atoms with Crippen LogP contribution in [0.3, 0.4) is 0 Å². The van der Waals surface area contributed by atoms with E-state index in [1.165, 1.54) is 4.90 Å². The van der Waals surface area contributed by atoms with Gasteiger partial charge in [-0.2, -0.15) is 18.2 Å². The zero-order valence-electron chi connectivity index (χ0n) is 18.1. The zero-order valence-corrected chi connectivity index (χ0v) is 18.1. The van der Waals surface area contributed by atoms with Crippen molar-refractivity contribution in [1.82, 2.24) is 24.8 Å². The largest absolute Gasteiger partial charge is 0.401 e. The van der Waals surface area contributed by atoms with Gasteiger partial charge in [0.15, 0.2) is 0 Å².